The minimum absolute atomic E-state index is 0.0294. The van der Waals surface area contributed by atoms with Crippen LogP contribution in [0.2, 0.25) is 0 Å². The van der Waals surface area contributed by atoms with E-state index in [1.165, 1.54) is 6.07 Å². The van der Waals surface area contributed by atoms with Crippen LogP contribution in [0.1, 0.15) is 28.4 Å². The van der Waals surface area contributed by atoms with Crippen LogP contribution in [-0.2, 0) is 6.54 Å². The SMILES string of the molecule is Cc1cc(O)c([C@H](c2ccncc2)N2CCN(c3ccccc3F)CC2)c(=O)n1Cc1cccnc1. The lowest BCUT2D eigenvalue weighted by molar-refractivity contribution is 0.207. The van der Waals surface area contributed by atoms with Gasteiger partial charge in [0.25, 0.3) is 5.56 Å². The van der Waals surface area contributed by atoms with Gasteiger partial charge in [0.05, 0.1) is 23.8 Å². The largest absolute Gasteiger partial charge is 0.507 e. The average Bonchev–Trinajstić information content (AvgIpc) is 2.90. The van der Waals surface area contributed by atoms with Gasteiger partial charge in [-0.15, -0.1) is 0 Å². The molecular weight excluding hydrogens is 457 g/mol. The van der Waals surface area contributed by atoms with Crippen LogP contribution in [0.4, 0.5) is 10.1 Å². The minimum Gasteiger partial charge on any atom is -0.507 e. The van der Waals surface area contributed by atoms with Gasteiger partial charge >= 0.3 is 0 Å². The summed E-state index contributed by atoms with van der Waals surface area (Å²) in [5, 5.41) is 11.1. The summed E-state index contributed by atoms with van der Waals surface area (Å²) >= 11 is 0. The van der Waals surface area contributed by atoms with E-state index < -0.39 is 6.04 Å². The molecule has 1 aromatic carbocycles. The molecule has 0 radical (unpaired) electrons. The third-order valence-electron chi connectivity index (χ3n) is 6.75. The van der Waals surface area contributed by atoms with Crippen molar-refractivity contribution in [2.45, 2.75) is 19.5 Å². The third-order valence-corrected chi connectivity index (χ3v) is 6.75. The molecule has 0 aliphatic carbocycles. The van der Waals surface area contributed by atoms with Crippen molar-refractivity contribution >= 4 is 5.69 Å². The maximum atomic E-state index is 14.4. The molecule has 36 heavy (non-hydrogen) atoms. The van der Waals surface area contributed by atoms with Crippen LogP contribution >= 0.6 is 0 Å². The van der Waals surface area contributed by atoms with Gasteiger partial charge in [-0.1, -0.05) is 18.2 Å². The van der Waals surface area contributed by atoms with Crippen LogP contribution in [0.5, 0.6) is 5.75 Å². The van der Waals surface area contributed by atoms with Gasteiger partial charge < -0.3 is 14.6 Å². The van der Waals surface area contributed by atoms with E-state index in [1.54, 1.807) is 47.6 Å². The molecule has 0 spiro atoms. The first-order valence-corrected chi connectivity index (χ1v) is 12.0. The summed E-state index contributed by atoms with van der Waals surface area (Å²) in [6, 6.07) is 15.5. The van der Waals surface area contributed by atoms with Gasteiger partial charge in [-0.2, -0.15) is 0 Å². The zero-order chi connectivity index (χ0) is 25.1. The number of halogens is 1. The smallest absolute Gasteiger partial charge is 0.259 e. The van der Waals surface area contributed by atoms with E-state index in [-0.39, 0.29) is 17.1 Å². The Morgan fingerprint density at radius 1 is 0.972 bits per heavy atom. The van der Waals surface area contributed by atoms with Crippen molar-refractivity contribution in [3.63, 3.8) is 0 Å². The standard InChI is InChI=1S/C28H28FN5O2/c1-20-17-25(35)26(28(36)34(20)19-21-5-4-10-31-18-21)27(22-8-11-30-12-9-22)33-15-13-32(14-16-33)24-7-3-2-6-23(24)29/h2-12,17-18,27,35H,13-16,19H2,1H3/t27-/m0/s1. The monoisotopic (exact) mass is 485 g/mol. The Kier molecular flexibility index (Phi) is 6.77. The van der Waals surface area contributed by atoms with E-state index in [4.69, 9.17) is 0 Å². The van der Waals surface area contributed by atoms with Gasteiger partial charge in [0.1, 0.15) is 11.6 Å². The molecule has 1 N–H and O–H groups in total. The second-order valence-electron chi connectivity index (χ2n) is 8.99. The second-order valence-corrected chi connectivity index (χ2v) is 8.99. The Balaban J connectivity index is 1.52. The summed E-state index contributed by atoms with van der Waals surface area (Å²) in [5.74, 6) is -0.274. The van der Waals surface area contributed by atoms with E-state index in [0.29, 0.717) is 49.7 Å². The number of hydrogen-bond acceptors (Lipinski definition) is 6. The van der Waals surface area contributed by atoms with E-state index in [2.05, 4.69) is 14.9 Å². The average molecular weight is 486 g/mol. The van der Waals surface area contributed by atoms with Crippen molar-refractivity contribution < 1.29 is 9.50 Å². The van der Waals surface area contributed by atoms with Crippen LogP contribution in [-0.4, -0.2) is 50.7 Å². The maximum absolute atomic E-state index is 14.4. The second kappa shape index (κ2) is 10.3. The van der Waals surface area contributed by atoms with Crippen molar-refractivity contribution in [3.8, 4) is 5.75 Å². The molecule has 1 atom stereocenters. The Labute approximate surface area is 209 Å². The third kappa shape index (κ3) is 4.72. The minimum atomic E-state index is -0.469. The Bertz CT molecular complexity index is 1390. The number of nitrogens with zero attached hydrogens (tertiary/aromatic N) is 5. The zero-order valence-electron chi connectivity index (χ0n) is 20.1. The molecule has 4 aromatic rings. The molecule has 8 heteroatoms. The first-order chi connectivity index (χ1) is 17.5. The topological polar surface area (TPSA) is 74.5 Å². The number of para-hydroxylation sites is 1. The number of piperazine rings is 1. The molecule has 0 amide bonds. The number of benzene rings is 1. The van der Waals surface area contributed by atoms with E-state index in [9.17, 15) is 14.3 Å². The Morgan fingerprint density at radius 3 is 2.42 bits per heavy atom. The number of pyridine rings is 3. The number of aryl methyl sites for hydroxylation is 1. The molecule has 0 unspecified atom stereocenters. The fourth-order valence-electron chi connectivity index (χ4n) is 4.93. The summed E-state index contributed by atoms with van der Waals surface area (Å²) in [6.07, 6.45) is 6.82. The molecule has 5 rings (SSSR count). The van der Waals surface area contributed by atoms with E-state index in [0.717, 1.165) is 11.1 Å². The van der Waals surface area contributed by atoms with Crippen LogP contribution < -0.4 is 10.5 Å². The van der Waals surface area contributed by atoms with Crippen LogP contribution in [0.15, 0.2) is 84.2 Å². The first-order valence-electron chi connectivity index (χ1n) is 12.0. The Hall–Kier alpha value is -4.04. The molecule has 1 fully saturated rings. The zero-order valence-corrected chi connectivity index (χ0v) is 20.1. The maximum Gasteiger partial charge on any atom is 0.259 e. The van der Waals surface area contributed by atoms with Crippen LogP contribution in [0, 0.1) is 12.7 Å². The number of aromatic nitrogens is 3. The van der Waals surface area contributed by atoms with Gasteiger partial charge in [-0.3, -0.25) is 19.7 Å². The predicted molar refractivity (Wildman–Crippen MR) is 137 cm³/mol. The summed E-state index contributed by atoms with van der Waals surface area (Å²) in [7, 11) is 0. The molecule has 0 saturated carbocycles. The fraction of sp³-hybridized carbons (Fsp3) is 0.250. The molecule has 4 heterocycles. The summed E-state index contributed by atoms with van der Waals surface area (Å²) < 4.78 is 16.1. The molecule has 1 saturated heterocycles. The lowest BCUT2D eigenvalue weighted by Crippen LogP contribution is -2.49. The van der Waals surface area contributed by atoms with E-state index >= 15 is 0 Å². The Morgan fingerprint density at radius 2 is 1.72 bits per heavy atom. The molecule has 184 valence electrons. The molecule has 0 bridgehead atoms. The molecule has 7 nitrogen and oxygen atoms in total. The molecular formula is C28H28FN5O2. The lowest BCUT2D eigenvalue weighted by atomic mass is 9.96. The normalized spacial score (nSPS) is 15.1. The predicted octanol–water partition coefficient (Wildman–Crippen LogP) is 3.75. The summed E-state index contributed by atoms with van der Waals surface area (Å²) in [6.45, 7) is 4.55. The highest BCUT2D eigenvalue weighted by atomic mass is 19.1. The summed E-state index contributed by atoms with van der Waals surface area (Å²) in [5.41, 5.74) is 3.11. The molecule has 3 aromatic heterocycles. The van der Waals surface area contributed by atoms with Gasteiger partial charge in [0.2, 0.25) is 0 Å². The molecule has 1 aliphatic rings. The van der Waals surface area contributed by atoms with Crippen LogP contribution in [0.3, 0.4) is 0 Å². The van der Waals surface area contributed by atoms with E-state index in [1.807, 2.05) is 42.2 Å². The van der Waals surface area contributed by atoms with Crippen molar-refractivity contribution in [1.82, 2.24) is 19.4 Å². The van der Waals surface area contributed by atoms with Crippen LogP contribution in [0.25, 0.3) is 0 Å². The van der Waals surface area contributed by atoms with Crippen molar-refractivity contribution in [2.75, 3.05) is 31.1 Å². The summed E-state index contributed by atoms with van der Waals surface area (Å²) in [4.78, 5) is 26.4. The highest BCUT2D eigenvalue weighted by molar-refractivity contribution is 5.48. The van der Waals surface area contributed by atoms with Gasteiger partial charge in [0, 0.05) is 56.7 Å². The number of rotatable bonds is 6. The number of aromatic hydroxyl groups is 1. The lowest BCUT2D eigenvalue weighted by Gasteiger charge is -2.40. The van der Waals surface area contributed by atoms with Crippen molar-refractivity contribution in [1.29, 1.82) is 0 Å². The number of anilines is 1. The van der Waals surface area contributed by atoms with Crippen molar-refractivity contribution in [2.24, 2.45) is 0 Å². The van der Waals surface area contributed by atoms with Gasteiger partial charge in [-0.25, -0.2) is 4.39 Å². The first kappa shape index (κ1) is 23.7. The van der Waals surface area contributed by atoms with Crippen molar-refractivity contribution in [3.05, 3.63) is 118 Å². The highest BCUT2D eigenvalue weighted by Crippen LogP contribution is 2.34. The number of hydrogen-bond donors (Lipinski definition) is 1. The molecule has 1 aliphatic heterocycles. The quantitative estimate of drug-likeness (QED) is 0.448. The van der Waals surface area contributed by atoms with Gasteiger partial charge in [-0.05, 0) is 54.4 Å². The van der Waals surface area contributed by atoms with Gasteiger partial charge in [0.15, 0.2) is 0 Å². The highest BCUT2D eigenvalue weighted by Gasteiger charge is 2.32. The fourth-order valence-corrected chi connectivity index (χ4v) is 4.93.